The van der Waals surface area contributed by atoms with Gasteiger partial charge in [-0.2, -0.15) is 0 Å². The van der Waals surface area contributed by atoms with Gasteiger partial charge in [0.15, 0.2) is 0 Å². The maximum atomic E-state index is 6.23. The van der Waals surface area contributed by atoms with Crippen molar-refractivity contribution in [2.45, 2.75) is 32.3 Å². The number of fused-ring (bicyclic) bond motifs is 3. The Morgan fingerprint density at radius 2 is 1.88 bits per heavy atom. The summed E-state index contributed by atoms with van der Waals surface area (Å²) in [6.07, 6.45) is 2.24. The molecule has 0 bridgehead atoms. The summed E-state index contributed by atoms with van der Waals surface area (Å²) in [4.78, 5) is 0. The van der Waals surface area contributed by atoms with Gasteiger partial charge in [-0.15, -0.1) is 11.6 Å². The fourth-order valence-corrected chi connectivity index (χ4v) is 4.06. The van der Waals surface area contributed by atoms with Crippen LogP contribution in [0.1, 0.15) is 34.6 Å². The van der Waals surface area contributed by atoms with Crippen molar-refractivity contribution in [3.63, 3.8) is 0 Å². The van der Waals surface area contributed by atoms with Crippen molar-refractivity contribution < 1.29 is 4.74 Å². The van der Waals surface area contributed by atoms with E-state index in [2.05, 4.69) is 43.3 Å². The molecule has 0 heterocycles. The normalized spacial score (nSPS) is 16.3. The van der Waals surface area contributed by atoms with Crippen LogP contribution in [0, 0.1) is 6.92 Å². The molecule has 1 aliphatic carbocycles. The average Bonchev–Trinajstić information content (AvgIpc) is 3.03. The Hall–Kier alpha value is -1.99. The first-order valence-electron chi connectivity index (χ1n) is 8.55. The Bertz CT molecular complexity index is 870. The van der Waals surface area contributed by atoms with Crippen molar-refractivity contribution in [3.05, 3.63) is 76.9 Å². The number of rotatable bonds is 4. The lowest BCUT2D eigenvalue weighted by Crippen LogP contribution is -2.00. The van der Waals surface area contributed by atoms with Crippen LogP contribution in [0.3, 0.4) is 0 Å². The molecule has 122 valence electrons. The zero-order valence-corrected chi connectivity index (χ0v) is 14.6. The molecular weight excluding hydrogens is 316 g/mol. The summed E-state index contributed by atoms with van der Waals surface area (Å²) in [5.41, 5.74) is 5.32. The topological polar surface area (TPSA) is 9.23 Å². The van der Waals surface area contributed by atoms with E-state index >= 15 is 0 Å². The molecule has 1 aliphatic rings. The highest BCUT2D eigenvalue weighted by Gasteiger charge is 2.25. The number of halogens is 1. The van der Waals surface area contributed by atoms with Gasteiger partial charge >= 0.3 is 0 Å². The molecule has 2 heteroatoms. The van der Waals surface area contributed by atoms with Gasteiger partial charge in [-0.05, 0) is 53.8 Å². The van der Waals surface area contributed by atoms with Crippen LogP contribution in [-0.2, 0) is 13.0 Å². The summed E-state index contributed by atoms with van der Waals surface area (Å²) in [5.74, 6) is 2.15. The predicted molar refractivity (Wildman–Crippen MR) is 101 cm³/mol. The molecule has 0 saturated heterocycles. The van der Waals surface area contributed by atoms with Crippen molar-refractivity contribution in [2.75, 3.05) is 5.88 Å². The smallest absolute Gasteiger partial charge is 0.127 e. The van der Waals surface area contributed by atoms with E-state index in [1.807, 2.05) is 18.2 Å². The third-order valence-corrected chi connectivity index (χ3v) is 5.35. The minimum absolute atomic E-state index is 0.467. The molecular formula is C22H21ClO. The van der Waals surface area contributed by atoms with Crippen LogP contribution in [0.5, 0.6) is 5.75 Å². The molecule has 1 nitrogen and oxygen atoms in total. The summed E-state index contributed by atoms with van der Waals surface area (Å²) in [5, 5.41) is 2.52. The van der Waals surface area contributed by atoms with E-state index in [0.29, 0.717) is 18.4 Å². The molecule has 1 atom stereocenters. The van der Waals surface area contributed by atoms with Gasteiger partial charge in [-0.3, -0.25) is 0 Å². The third-order valence-electron chi connectivity index (χ3n) is 4.98. The van der Waals surface area contributed by atoms with Crippen LogP contribution in [-0.4, -0.2) is 5.88 Å². The van der Waals surface area contributed by atoms with Crippen LogP contribution < -0.4 is 4.74 Å². The van der Waals surface area contributed by atoms with Gasteiger partial charge in [0, 0.05) is 11.3 Å². The monoisotopic (exact) mass is 336 g/mol. The Morgan fingerprint density at radius 1 is 1.04 bits per heavy atom. The number of ether oxygens (including phenoxy) is 1. The number of hydrogen-bond donors (Lipinski definition) is 0. The first-order chi connectivity index (χ1) is 11.8. The predicted octanol–water partition coefficient (Wildman–Crippen LogP) is 6.00. The minimum Gasteiger partial charge on any atom is -0.488 e. The number of hydrogen-bond acceptors (Lipinski definition) is 1. The second-order valence-corrected chi connectivity index (χ2v) is 6.97. The number of benzene rings is 3. The second kappa shape index (κ2) is 6.49. The summed E-state index contributed by atoms with van der Waals surface area (Å²) >= 11 is 6.23. The fourth-order valence-electron chi connectivity index (χ4n) is 3.75. The zero-order valence-electron chi connectivity index (χ0n) is 13.9. The first-order valence-corrected chi connectivity index (χ1v) is 9.08. The van der Waals surface area contributed by atoms with Gasteiger partial charge in [0.25, 0.3) is 0 Å². The number of aryl methyl sites for hydroxylation is 2. The molecule has 0 aliphatic heterocycles. The summed E-state index contributed by atoms with van der Waals surface area (Å²) in [6, 6.07) is 19.2. The van der Waals surface area contributed by atoms with Crippen molar-refractivity contribution in [1.82, 2.24) is 0 Å². The van der Waals surface area contributed by atoms with E-state index in [4.69, 9.17) is 16.3 Å². The zero-order chi connectivity index (χ0) is 16.5. The van der Waals surface area contributed by atoms with Crippen molar-refractivity contribution in [3.8, 4) is 5.75 Å². The molecule has 0 amide bonds. The van der Waals surface area contributed by atoms with Crippen LogP contribution >= 0.6 is 11.6 Å². The van der Waals surface area contributed by atoms with E-state index in [1.165, 1.54) is 33.0 Å². The lowest BCUT2D eigenvalue weighted by Gasteiger charge is -2.16. The first kappa shape index (κ1) is 15.5. The molecule has 24 heavy (non-hydrogen) atoms. The quantitative estimate of drug-likeness (QED) is 0.531. The van der Waals surface area contributed by atoms with Crippen molar-refractivity contribution in [1.29, 1.82) is 0 Å². The van der Waals surface area contributed by atoms with E-state index in [0.717, 1.165) is 18.6 Å². The Morgan fingerprint density at radius 3 is 2.67 bits per heavy atom. The molecule has 0 spiro atoms. The molecule has 1 unspecified atom stereocenters. The molecule has 0 aromatic heterocycles. The molecule has 0 saturated carbocycles. The van der Waals surface area contributed by atoms with E-state index in [9.17, 15) is 0 Å². The van der Waals surface area contributed by atoms with Gasteiger partial charge in [0.05, 0.1) is 0 Å². The Balaban J connectivity index is 1.78. The Kier molecular flexibility index (Phi) is 4.20. The second-order valence-electron chi connectivity index (χ2n) is 6.66. The molecule has 0 radical (unpaired) electrons. The van der Waals surface area contributed by atoms with Gasteiger partial charge in [-0.25, -0.2) is 0 Å². The maximum Gasteiger partial charge on any atom is 0.127 e. The van der Waals surface area contributed by atoms with E-state index in [-0.39, 0.29) is 0 Å². The molecule has 0 N–H and O–H groups in total. The molecule has 3 aromatic rings. The van der Waals surface area contributed by atoms with Crippen molar-refractivity contribution in [2.24, 2.45) is 0 Å². The summed E-state index contributed by atoms with van der Waals surface area (Å²) in [6.45, 7) is 2.75. The largest absolute Gasteiger partial charge is 0.488 e. The van der Waals surface area contributed by atoms with Crippen LogP contribution in [0.4, 0.5) is 0 Å². The van der Waals surface area contributed by atoms with Gasteiger partial charge < -0.3 is 4.74 Å². The lowest BCUT2D eigenvalue weighted by molar-refractivity contribution is 0.310. The van der Waals surface area contributed by atoms with Gasteiger partial charge in [0.1, 0.15) is 12.4 Å². The SMILES string of the molecule is Cc1ccc2c(OCc3ccccc3)cc3c(c2c1)C(CCl)CC3. The van der Waals surface area contributed by atoms with Crippen molar-refractivity contribution >= 4 is 22.4 Å². The van der Waals surface area contributed by atoms with E-state index < -0.39 is 0 Å². The standard InChI is InChI=1S/C22H21ClO/c1-15-7-10-19-20(11-15)22-17(8-9-18(22)13-23)12-21(19)24-14-16-5-3-2-4-6-16/h2-7,10-12,18H,8-9,13-14H2,1H3. The van der Waals surface area contributed by atoms with E-state index in [1.54, 1.807) is 0 Å². The van der Waals surface area contributed by atoms with Crippen LogP contribution in [0.25, 0.3) is 10.8 Å². The highest BCUT2D eigenvalue weighted by molar-refractivity contribution is 6.18. The molecule has 0 fully saturated rings. The maximum absolute atomic E-state index is 6.23. The highest BCUT2D eigenvalue weighted by atomic mass is 35.5. The highest BCUT2D eigenvalue weighted by Crippen LogP contribution is 2.43. The van der Waals surface area contributed by atoms with Crippen LogP contribution in [0.2, 0.25) is 0 Å². The average molecular weight is 337 g/mol. The lowest BCUT2D eigenvalue weighted by atomic mass is 9.94. The minimum atomic E-state index is 0.467. The molecule has 4 rings (SSSR count). The fraction of sp³-hybridized carbons (Fsp3) is 0.273. The molecule has 3 aromatic carbocycles. The summed E-state index contributed by atoms with van der Waals surface area (Å²) < 4.78 is 6.21. The Labute approximate surface area is 148 Å². The van der Waals surface area contributed by atoms with Crippen LogP contribution in [0.15, 0.2) is 54.6 Å². The van der Waals surface area contributed by atoms with Gasteiger partial charge in [0.2, 0.25) is 0 Å². The number of alkyl halides is 1. The summed E-state index contributed by atoms with van der Waals surface area (Å²) in [7, 11) is 0. The third kappa shape index (κ3) is 2.78. The van der Waals surface area contributed by atoms with Gasteiger partial charge in [-0.1, -0.05) is 54.1 Å².